The van der Waals surface area contributed by atoms with E-state index in [1.807, 2.05) is 0 Å². The number of hydrogen-bond donors (Lipinski definition) is 2. The zero-order valence-corrected chi connectivity index (χ0v) is 10.3. The maximum Gasteiger partial charge on any atom is 0.290 e. The summed E-state index contributed by atoms with van der Waals surface area (Å²) in [7, 11) is 0. The molecule has 0 aliphatic heterocycles. The van der Waals surface area contributed by atoms with Gasteiger partial charge in [-0.05, 0) is 30.7 Å². The van der Waals surface area contributed by atoms with Crippen molar-refractivity contribution in [3.8, 4) is 5.75 Å². The van der Waals surface area contributed by atoms with Crippen LogP contribution in [-0.4, -0.2) is 15.0 Å². The number of pyridine rings is 1. The first-order valence-electron chi connectivity index (χ1n) is 5.70. The first kappa shape index (κ1) is 12.8. The lowest BCUT2D eigenvalue weighted by Gasteiger charge is -2.06. The van der Waals surface area contributed by atoms with Gasteiger partial charge in [-0.3, -0.25) is 10.1 Å². The highest BCUT2D eigenvalue weighted by Gasteiger charge is 2.11. The van der Waals surface area contributed by atoms with Gasteiger partial charge in [0.15, 0.2) is 0 Å². The zero-order valence-electron chi connectivity index (χ0n) is 10.3. The van der Waals surface area contributed by atoms with E-state index in [0.29, 0.717) is 18.1 Å². The fraction of sp³-hybridized carbons (Fsp3) is 0.154. The van der Waals surface area contributed by atoms with Crippen LogP contribution in [0.3, 0.4) is 0 Å². The average molecular weight is 259 g/mol. The maximum atomic E-state index is 10.7. The van der Waals surface area contributed by atoms with E-state index >= 15 is 0 Å². The monoisotopic (exact) mass is 259 g/mol. The Hall–Kier alpha value is -2.63. The maximum absolute atomic E-state index is 10.7. The Balaban J connectivity index is 2.06. The SMILES string of the molecule is Cc1nc(NCc2ccc(O)cc2)ccc1[N+](=O)[O-]. The molecule has 2 aromatic rings. The number of aromatic nitrogens is 1. The van der Waals surface area contributed by atoms with E-state index in [1.54, 1.807) is 37.3 Å². The molecule has 2 N–H and O–H groups in total. The molecule has 0 radical (unpaired) electrons. The summed E-state index contributed by atoms with van der Waals surface area (Å²) in [4.78, 5) is 14.3. The number of aromatic hydroxyl groups is 1. The lowest BCUT2D eigenvalue weighted by atomic mass is 10.2. The van der Waals surface area contributed by atoms with Crippen molar-refractivity contribution < 1.29 is 10.0 Å². The molecular formula is C13H13N3O3. The summed E-state index contributed by atoms with van der Waals surface area (Å²) in [6.07, 6.45) is 0. The van der Waals surface area contributed by atoms with Crippen LogP contribution in [0.1, 0.15) is 11.3 Å². The minimum atomic E-state index is -0.452. The van der Waals surface area contributed by atoms with Gasteiger partial charge in [-0.15, -0.1) is 0 Å². The fourth-order valence-corrected chi connectivity index (χ4v) is 1.65. The molecule has 19 heavy (non-hydrogen) atoms. The van der Waals surface area contributed by atoms with Crippen LogP contribution in [0.4, 0.5) is 11.5 Å². The Labute approximate surface area is 109 Å². The number of benzene rings is 1. The number of phenolic OH excluding ortho intramolecular Hbond substituents is 1. The predicted octanol–water partition coefficient (Wildman–Crippen LogP) is 2.62. The van der Waals surface area contributed by atoms with Crippen molar-refractivity contribution in [2.24, 2.45) is 0 Å². The normalized spacial score (nSPS) is 10.2. The van der Waals surface area contributed by atoms with Crippen molar-refractivity contribution in [1.82, 2.24) is 4.98 Å². The Kier molecular flexibility index (Phi) is 3.61. The number of nitro groups is 1. The van der Waals surface area contributed by atoms with Crippen molar-refractivity contribution in [2.45, 2.75) is 13.5 Å². The predicted molar refractivity (Wildman–Crippen MR) is 71.1 cm³/mol. The lowest BCUT2D eigenvalue weighted by molar-refractivity contribution is -0.385. The van der Waals surface area contributed by atoms with E-state index in [2.05, 4.69) is 10.3 Å². The molecule has 0 aliphatic carbocycles. The molecule has 98 valence electrons. The molecule has 0 spiro atoms. The Bertz CT molecular complexity index is 597. The summed E-state index contributed by atoms with van der Waals surface area (Å²) in [6, 6.07) is 9.80. The number of hydrogen-bond acceptors (Lipinski definition) is 5. The van der Waals surface area contributed by atoms with Crippen molar-refractivity contribution in [3.63, 3.8) is 0 Å². The van der Waals surface area contributed by atoms with E-state index < -0.39 is 4.92 Å². The van der Waals surface area contributed by atoms with Crippen molar-refractivity contribution >= 4 is 11.5 Å². The average Bonchev–Trinajstić information content (AvgIpc) is 2.37. The molecule has 0 amide bonds. The van der Waals surface area contributed by atoms with Gasteiger partial charge in [0.25, 0.3) is 5.69 Å². The summed E-state index contributed by atoms with van der Waals surface area (Å²) < 4.78 is 0. The molecule has 6 nitrogen and oxygen atoms in total. The van der Waals surface area contributed by atoms with Crippen LogP contribution in [0.15, 0.2) is 36.4 Å². The molecule has 0 fully saturated rings. The summed E-state index contributed by atoms with van der Waals surface area (Å²) >= 11 is 0. The largest absolute Gasteiger partial charge is 0.508 e. The van der Waals surface area contributed by atoms with Gasteiger partial charge in [-0.2, -0.15) is 0 Å². The second kappa shape index (κ2) is 5.34. The number of phenols is 1. The van der Waals surface area contributed by atoms with Gasteiger partial charge in [-0.1, -0.05) is 12.1 Å². The summed E-state index contributed by atoms with van der Waals surface area (Å²) in [5.41, 5.74) is 1.37. The minimum Gasteiger partial charge on any atom is -0.508 e. The second-order valence-corrected chi connectivity index (χ2v) is 4.08. The molecule has 1 aromatic heterocycles. The van der Waals surface area contributed by atoms with E-state index in [0.717, 1.165) is 5.56 Å². The van der Waals surface area contributed by atoms with Gasteiger partial charge in [-0.25, -0.2) is 4.98 Å². The van der Waals surface area contributed by atoms with Crippen LogP contribution in [0.25, 0.3) is 0 Å². The molecule has 6 heteroatoms. The van der Waals surface area contributed by atoms with Gasteiger partial charge in [0.05, 0.1) is 4.92 Å². The minimum absolute atomic E-state index is 0.00943. The van der Waals surface area contributed by atoms with Crippen LogP contribution in [0.5, 0.6) is 5.75 Å². The van der Waals surface area contributed by atoms with Crippen LogP contribution in [0.2, 0.25) is 0 Å². The molecule has 0 unspecified atom stereocenters. The summed E-state index contributed by atoms with van der Waals surface area (Å²) in [5.74, 6) is 0.796. The van der Waals surface area contributed by atoms with Gasteiger partial charge in [0.2, 0.25) is 0 Å². The first-order valence-corrected chi connectivity index (χ1v) is 5.70. The van der Waals surface area contributed by atoms with Gasteiger partial charge in [0, 0.05) is 12.6 Å². The highest BCUT2D eigenvalue weighted by atomic mass is 16.6. The molecule has 0 saturated carbocycles. The van der Waals surface area contributed by atoms with E-state index in [9.17, 15) is 10.1 Å². The van der Waals surface area contributed by atoms with Crippen LogP contribution < -0.4 is 5.32 Å². The molecule has 0 aliphatic rings. The highest BCUT2D eigenvalue weighted by molar-refractivity contribution is 5.45. The topological polar surface area (TPSA) is 88.3 Å². The second-order valence-electron chi connectivity index (χ2n) is 4.08. The third-order valence-electron chi connectivity index (χ3n) is 2.66. The van der Waals surface area contributed by atoms with E-state index in [1.165, 1.54) is 6.07 Å². The van der Waals surface area contributed by atoms with Gasteiger partial charge in [0.1, 0.15) is 17.3 Å². The number of nitrogens with zero attached hydrogens (tertiary/aromatic N) is 2. The Morgan fingerprint density at radius 1 is 1.26 bits per heavy atom. The smallest absolute Gasteiger partial charge is 0.290 e. The number of nitrogens with one attached hydrogen (secondary N) is 1. The molecule has 0 bridgehead atoms. The number of rotatable bonds is 4. The Morgan fingerprint density at radius 3 is 2.53 bits per heavy atom. The van der Waals surface area contributed by atoms with Crippen LogP contribution in [-0.2, 0) is 6.54 Å². The standard InChI is InChI=1S/C13H13N3O3/c1-9-12(16(18)19)6-7-13(15-9)14-8-10-2-4-11(17)5-3-10/h2-7,17H,8H2,1H3,(H,14,15). The third kappa shape index (κ3) is 3.19. The molecule has 0 saturated heterocycles. The van der Waals surface area contributed by atoms with Crippen LogP contribution in [0, 0.1) is 17.0 Å². The van der Waals surface area contributed by atoms with Crippen LogP contribution >= 0.6 is 0 Å². The molecular weight excluding hydrogens is 246 g/mol. The Morgan fingerprint density at radius 2 is 1.95 bits per heavy atom. The molecule has 0 atom stereocenters. The number of aryl methyl sites for hydroxylation is 1. The van der Waals surface area contributed by atoms with Crippen molar-refractivity contribution in [3.05, 3.63) is 57.8 Å². The fourth-order valence-electron chi connectivity index (χ4n) is 1.65. The zero-order chi connectivity index (χ0) is 13.8. The quantitative estimate of drug-likeness (QED) is 0.650. The number of anilines is 1. The lowest BCUT2D eigenvalue weighted by Crippen LogP contribution is -2.03. The van der Waals surface area contributed by atoms with Gasteiger partial charge >= 0.3 is 0 Å². The van der Waals surface area contributed by atoms with Crippen molar-refractivity contribution in [2.75, 3.05) is 5.32 Å². The van der Waals surface area contributed by atoms with Gasteiger partial charge < -0.3 is 10.4 Å². The summed E-state index contributed by atoms with van der Waals surface area (Å²) in [6.45, 7) is 2.13. The molecule has 2 rings (SSSR count). The van der Waals surface area contributed by atoms with E-state index in [4.69, 9.17) is 5.11 Å². The third-order valence-corrected chi connectivity index (χ3v) is 2.66. The highest BCUT2D eigenvalue weighted by Crippen LogP contribution is 2.18. The first-order chi connectivity index (χ1) is 9.06. The summed E-state index contributed by atoms with van der Waals surface area (Å²) in [5, 5.41) is 22.9. The van der Waals surface area contributed by atoms with Crippen molar-refractivity contribution in [1.29, 1.82) is 0 Å². The molecule has 1 heterocycles. The van der Waals surface area contributed by atoms with E-state index in [-0.39, 0.29) is 11.4 Å². The molecule has 1 aromatic carbocycles.